The summed E-state index contributed by atoms with van der Waals surface area (Å²) in [6, 6.07) is -0.303. The molecule has 0 saturated carbocycles. The average molecular weight is 173 g/mol. The maximum absolute atomic E-state index is 11.5. The van der Waals surface area contributed by atoms with Crippen LogP contribution in [0.3, 0.4) is 0 Å². The number of rotatable bonds is 2. The second-order valence-electron chi connectivity index (χ2n) is 2.83. The maximum Gasteiger partial charge on any atom is 0.240 e. The van der Waals surface area contributed by atoms with E-state index in [1.165, 1.54) is 0 Å². The summed E-state index contributed by atoms with van der Waals surface area (Å²) < 4.78 is 5.12. The van der Waals surface area contributed by atoms with E-state index in [0.717, 1.165) is 0 Å². The molecule has 1 atom stereocenters. The van der Waals surface area contributed by atoms with Crippen LogP contribution in [-0.2, 0) is 9.53 Å². The molecular weight excluding hydrogens is 158 g/mol. The Kier molecular flexibility index (Phi) is 3.46. The SMILES string of the molecule is CC(NN)C(=O)N1CCOCC1. The quantitative estimate of drug-likeness (QED) is 0.402. The van der Waals surface area contributed by atoms with E-state index in [-0.39, 0.29) is 11.9 Å². The van der Waals surface area contributed by atoms with Gasteiger partial charge in [0.05, 0.1) is 19.3 Å². The molecule has 3 N–H and O–H groups in total. The van der Waals surface area contributed by atoms with E-state index in [0.29, 0.717) is 26.3 Å². The highest BCUT2D eigenvalue weighted by atomic mass is 16.5. The number of hydrogen-bond donors (Lipinski definition) is 2. The van der Waals surface area contributed by atoms with Gasteiger partial charge in [-0.2, -0.15) is 0 Å². The van der Waals surface area contributed by atoms with Crippen LogP contribution in [0.5, 0.6) is 0 Å². The molecule has 1 fully saturated rings. The summed E-state index contributed by atoms with van der Waals surface area (Å²) >= 11 is 0. The summed E-state index contributed by atoms with van der Waals surface area (Å²) in [6.45, 7) is 4.35. The molecule has 1 heterocycles. The van der Waals surface area contributed by atoms with Crippen molar-refractivity contribution in [3.8, 4) is 0 Å². The lowest BCUT2D eigenvalue weighted by atomic mass is 10.3. The molecular formula is C7H15N3O2. The molecule has 1 unspecified atom stereocenters. The van der Waals surface area contributed by atoms with Crippen molar-refractivity contribution in [3.63, 3.8) is 0 Å². The first-order chi connectivity index (χ1) is 5.75. The third kappa shape index (κ3) is 2.17. The minimum atomic E-state index is -0.303. The fourth-order valence-electron chi connectivity index (χ4n) is 1.13. The maximum atomic E-state index is 11.5. The lowest BCUT2D eigenvalue weighted by Gasteiger charge is -2.28. The third-order valence-electron chi connectivity index (χ3n) is 1.94. The number of hydrogen-bond acceptors (Lipinski definition) is 4. The zero-order chi connectivity index (χ0) is 8.97. The molecule has 0 radical (unpaired) electrons. The summed E-state index contributed by atoms with van der Waals surface area (Å²) in [5.74, 6) is 5.19. The second-order valence-corrected chi connectivity index (χ2v) is 2.83. The largest absolute Gasteiger partial charge is 0.378 e. The molecule has 0 bridgehead atoms. The predicted octanol–water partition coefficient (Wildman–Crippen LogP) is -1.30. The summed E-state index contributed by atoms with van der Waals surface area (Å²) in [6.07, 6.45) is 0. The van der Waals surface area contributed by atoms with E-state index >= 15 is 0 Å². The molecule has 0 aromatic carbocycles. The van der Waals surface area contributed by atoms with Gasteiger partial charge in [-0.15, -0.1) is 0 Å². The molecule has 70 valence electrons. The van der Waals surface area contributed by atoms with Gasteiger partial charge in [0.15, 0.2) is 0 Å². The number of morpholine rings is 1. The Labute approximate surface area is 71.8 Å². The standard InChI is InChI=1S/C7H15N3O2/c1-6(9-8)7(11)10-2-4-12-5-3-10/h6,9H,2-5,8H2,1H3. The van der Waals surface area contributed by atoms with E-state index in [4.69, 9.17) is 10.6 Å². The Bertz CT molecular complexity index is 157. The van der Waals surface area contributed by atoms with Gasteiger partial charge in [-0.1, -0.05) is 0 Å². The number of ether oxygens (including phenoxy) is 1. The Morgan fingerprint density at radius 2 is 2.17 bits per heavy atom. The van der Waals surface area contributed by atoms with E-state index in [1.807, 2.05) is 0 Å². The van der Waals surface area contributed by atoms with E-state index in [1.54, 1.807) is 11.8 Å². The van der Waals surface area contributed by atoms with Crippen molar-refractivity contribution in [2.24, 2.45) is 5.84 Å². The van der Waals surface area contributed by atoms with Crippen molar-refractivity contribution in [3.05, 3.63) is 0 Å². The van der Waals surface area contributed by atoms with Crippen molar-refractivity contribution in [2.75, 3.05) is 26.3 Å². The average Bonchev–Trinajstić information content (AvgIpc) is 2.17. The first-order valence-corrected chi connectivity index (χ1v) is 4.08. The van der Waals surface area contributed by atoms with Gasteiger partial charge in [-0.3, -0.25) is 10.6 Å². The van der Waals surface area contributed by atoms with Crippen molar-refractivity contribution in [2.45, 2.75) is 13.0 Å². The monoisotopic (exact) mass is 173 g/mol. The number of carbonyl (C=O) groups excluding carboxylic acids is 1. The van der Waals surface area contributed by atoms with Gasteiger partial charge in [0.2, 0.25) is 5.91 Å². The number of nitrogens with two attached hydrogens (primary N) is 1. The first kappa shape index (κ1) is 9.44. The molecule has 12 heavy (non-hydrogen) atoms. The van der Waals surface area contributed by atoms with Crippen molar-refractivity contribution in [1.82, 2.24) is 10.3 Å². The number of amides is 1. The minimum absolute atomic E-state index is 0.0424. The molecule has 0 spiro atoms. The van der Waals surface area contributed by atoms with Gasteiger partial charge < -0.3 is 9.64 Å². The zero-order valence-electron chi connectivity index (χ0n) is 7.25. The lowest BCUT2D eigenvalue weighted by molar-refractivity contribution is -0.137. The van der Waals surface area contributed by atoms with Gasteiger partial charge in [0, 0.05) is 13.1 Å². The summed E-state index contributed by atoms with van der Waals surface area (Å²) in [7, 11) is 0. The van der Waals surface area contributed by atoms with Crippen LogP contribution in [0, 0.1) is 0 Å². The predicted molar refractivity (Wildman–Crippen MR) is 44.2 cm³/mol. The van der Waals surface area contributed by atoms with Crippen molar-refractivity contribution in [1.29, 1.82) is 0 Å². The smallest absolute Gasteiger partial charge is 0.240 e. The minimum Gasteiger partial charge on any atom is -0.378 e. The molecule has 5 nitrogen and oxygen atoms in total. The fourth-order valence-corrected chi connectivity index (χ4v) is 1.13. The summed E-state index contributed by atoms with van der Waals surface area (Å²) in [5, 5.41) is 0. The van der Waals surface area contributed by atoms with Crippen LogP contribution in [0.15, 0.2) is 0 Å². The van der Waals surface area contributed by atoms with Crippen molar-refractivity contribution < 1.29 is 9.53 Å². The molecule has 5 heteroatoms. The highest BCUT2D eigenvalue weighted by Crippen LogP contribution is 1.99. The Balaban J connectivity index is 2.39. The molecule has 1 saturated heterocycles. The number of carbonyl (C=O) groups is 1. The lowest BCUT2D eigenvalue weighted by Crippen LogP contribution is -2.50. The number of nitrogens with zero attached hydrogens (tertiary/aromatic N) is 1. The number of nitrogens with one attached hydrogen (secondary N) is 1. The topological polar surface area (TPSA) is 67.6 Å². The van der Waals surface area contributed by atoms with Gasteiger partial charge >= 0.3 is 0 Å². The highest BCUT2D eigenvalue weighted by molar-refractivity contribution is 5.81. The molecule has 1 rings (SSSR count). The Morgan fingerprint density at radius 1 is 1.58 bits per heavy atom. The van der Waals surface area contributed by atoms with Crippen LogP contribution < -0.4 is 11.3 Å². The zero-order valence-corrected chi connectivity index (χ0v) is 7.25. The summed E-state index contributed by atoms with van der Waals surface area (Å²) in [5.41, 5.74) is 2.43. The van der Waals surface area contributed by atoms with Crippen LogP contribution in [0.25, 0.3) is 0 Å². The van der Waals surface area contributed by atoms with Crippen LogP contribution in [0.1, 0.15) is 6.92 Å². The molecule has 1 amide bonds. The van der Waals surface area contributed by atoms with Crippen LogP contribution in [0.2, 0.25) is 0 Å². The van der Waals surface area contributed by atoms with Gasteiger partial charge in [0.25, 0.3) is 0 Å². The summed E-state index contributed by atoms with van der Waals surface area (Å²) in [4.78, 5) is 13.2. The van der Waals surface area contributed by atoms with Crippen LogP contribution >= 0.6 is 0 Å². The van der Waals surface area contributed by atoms with E-state index in [9.17, 15) is 4.79 Å². The highest BCUT2D eigenvalue weighted by Gasteiger charge is 2.20. The van der Waals surface area contributed by atoms with Crippen LogP contribution in [-0.4, -0.2) is 43.2 Å². The molecule has 0 aromatic heterocycles. The molecule has 1 aliphatic rings. The first-order valence-electron chi connectivity index (χ1n) is 4.08. The molecule has 1 aliphatic heterocycles. The fraction of sp³-hybridized carbons (Fsp3) is 0.857. The van der Waals surface area contributed by atoms with E-state index in [2.05, 4.69) is 5.43 Å². The molecule has 0 aliphatic carbocycles. The molecule has 0 aromatic rings. The Morgan fingerprint density at radius 3 is 2.67 bits per heavy atom. The third-order valence-corrected chi connectivity index (χ3v) is 1.94. The van der Waals surface area contributed by atoms with Gasteiger partial charge in [-0.05, 0) is 6.92 Å². The van der Waals surface area contributed by atoms with E-state index < -0.39 is 0 Å². The van der Waals surface area contributed by atoms with Gasteiger partial charge in [-0.25, -0.2) is 5.43 Å². The van der Waals surface area contributed by atoms with Crippen molar-refractivity contribution >= 4 is 5.91 Å². The number of hydrazine groups is 1. The van der Waals surface area contributed by atoms with Crippen LogP contribution in [0.4, 0.5) is 0 Å². The Hall–Kier alpha value is -0.650. The van der Waals surface area contributed by atoms with Gasteiger partial charge in [0.1, 0.15) is 0 Å². The second kappa shape index (κ2) is 4.39. The normalized spacial score (nSPS) is 20.7.